The van der Waals surface area contributed by atoms with Crippen LogP contribution in [0, 0.1) is 5.82 Å². The first-order chi connectivity index (χ1) is 7.54. The van der Waals surface area contributed by atoms with Gasteiger partial charge in [0.15, 0.2) is 0 Å². The van der Waals surface area contributed by atoms with Crippen LogP contribution in [0.15, 0.2) is 22.7 Å². The summed E-state index contributed by atoms with van der Waals surface area (Å²) < 4.78 is 14.4. The number of hydrogen-bond donors (Lipinski definition) is 0. The molecule has 90 valence electrons. The lowest BCUT2D eigenvalue weighted by Crippen LogP contribution is -2.31. The maximum absolute atomic E-state index is 13.7. The van der Waals surface area contributed by atoms with E-state index in [2.05, 4.69) is 41.6 Å². The standard InChI is InChI=1S/C13H19BrFN/c1-4-7-16(10(2)3)9-11-5-6-12(14)8-13(11)15/h5-6,8,10H,4,7,9H2,1-3H3. The number of halogens is 2. The molecule has 1 aromatic carbocycles. The summed E-state index contributed by atoms with van der Waals surface area (Å²) in [7, 11) is 0. The first-order valence-electron chi connectivity index (χ1n) is 5.72. The fourth-order valence-corrected chi connectivity index (χ4v) is 2.01. The molecule has 3 heteroatoms. The molecule has 0 unspecified atom stereocenters. The molecule has 0 saturated heterocycles. The predicted octanol–water partition coefficient (Wildman–Crippen LogP) is 4.21. The lowest BCUT2D eigenvalue weighted by Gasteiger charge is -2.26. The lowest BCUT2D eigenvalue weighted by atomic mass is 10.1. The zero-order chi connectivity index (χ0) is 12.1. The first kappa shape index (κ1) is 13.7. The first-order valence-corrected chi connectivity index (χ1v) is 6.52. The monoisotopic (exact) mass is 287 g/mol. The topological polar surface area (TPSA) is 3.24 Å². The zero-order valence-electron chi connectivity index (χ0n) is 10.1. The highest BCUT2D eigenvalue weighted by Gasteiger charge is 2.11. The molecule has 1 rings (SSSR count). The molecule has 0 aliphatic rings. The van der Waals surface area contributed by atoms with Crippen molar-refractivity contribution in [3.63, 3.8) is 0 Å². The Morgan fingerprint density at radius 1 is 1.38 bits per heavy atom. The summed E-state index contributed by atoms with van der Waals surface area (Å²) >= 11 is 3.27. The average Bonchev–Trinajstić information content (AvgIpc) is 2.20. The third-order valence-electron chi connectivity index (χ3n) is 2.63. The van der Waals surface area contributed by atoms with Gasteiger partial charge in [0.1, 0.15) is 5.82 Å². The number of rotatable bonds is 5. The Labute approximate surface area is 106 Å². The number of hydrogen-bond acceptors (Lipinski definition) is 1. The van der Waals surface area contributed by atoms with Gasteiger partial charge in [-0.15, -0.1) is 0 Å². The van der Waals surface area contributed by atoms with E-state index in [-0.39, 0.29) is 5.82 Å². The van der Waals surface area contributed by atoms with Gasteiger partial charge in [-0.3, -0.25) is 4.90 Å². The van der Waals surface area contributed by atoms with Crippen LogP contribution in [0.5, 0.6) is 0 Å². The summed E-state index contributed by atoms with van der Waals surface area (Å²) in [6.45, 7) is 8.13. The summed E-state index contributed by atoms with van der Waals surface area (Å²) in [6, 6.07) is 5.72. The third-order valence-corrected chi connectivity index (χ3v) is 3.12. The Hall–Kier alpha value is -0.410. The van der Waals surface area contributed by atoms with Crippen LogP contribution in [0.2, 0.25) is 0 Å². The number of benzene rings is 1. The molecule has 0 heterocycles. The van der Waals surface area contributed by atoms with Crippen LogP contribution in [0.3, 0.4) is 0 Å². The van der Waals surface area contributed by atoms with Crippen molar-refractivity contribution in [2.24, 2.45) is 0 Å². The maximum atomic E-state index is 13.7. The molecule has 0 fully saturated rings. The van der Waals surface area contributed by atoms with Crippen LogP contribution in [0.4, 0.5) is 4.39 Å². The van der Waals surface area contributed by atoms with Crippen LogP contribution in [0.1, 0.15) is 32.8 Å². The van der Waals surface area contributed by atoms with Crippen molar-refractivity contribution in [2.45, 2.75) is 39.8 Å². The van der Waals surface area contributed by atoms with Crippen LogP contribution in [-0.2, 0) is 6.54 Å². The van der Waals surface area contributed by atoms with E-state index in [1.165, 1.54) is 6.07 Å². The van der Waals surface area contributed by atoms with Crippen LogP contribution >= 0.6 is 15.9 Å². The van der Waals surface area contributed by atoms with Gasteiger partial charge < -0.3 is 0 Å². The van der Waals surface area contributed by atoms with E-state index < -0.39 is 0 Å². The van der Waals surface area contributed by atoms with Crippen molar-refractivity contribution in [3.05, 3.63) is 34.1 Å². The fourth-order valence-electron chi connectivity index (χ4n) is 1.68. The van der Waals surface area contributed by atoms with E-state index in [0.717, 1.165) is 23.0 Å². The molecule has 0 bridgehead atoms. The number of nitrogens with zero attached hydrogens (tertiary/aromatic N) is 1. The summed E-state index contributed by atoms with van der Waals surface area (Å²) in [5.74, 6) is -0.129. The molecule has 0 amide bonds. The van der Waals surface area contributed by atoms with E-state index in [4.69, 9.17) is 0 Å². The van der Waals surface area contributed by atoms with Crippen LogP contribution in [-0.4, -0.2) is 17.5 Å². The largest absolute Gasteiger partial charge is 0.297 e. The van der Waals surface area contributed by atoms with Crippen molar-refractivity contribution in [1.82, 2.24) is 4.90 Å². The van der Waals surface area contributed by atoms with Gasteiger partial charge in [-0.25, -0.2) is 4.39 Å². The maximum Gasteiger partial charge on any atom is 0.128 e. The Kier molecular flexibility index (Phi) is 5.42. The van der Waals surface area contributed by atoms with E-state index in [9.17, 15) is 4.39 Å². The normalized spacial score (nSPS) is 11.4. The Morgan fingerprint density at radius 2 is 2.06 bits per heavy atom. The van der Waals surface area contributed by atoms with Crippen molar-refractivity contribution in [3.8, 4) is 0 Å². The van der Waals surface area contributed by atoms with E-state index in [1.807, 2.05) is 12.1 Å². The molecule has 0 aliphatic heterocycles. The fraction of sp³-hybridized carbons (Fsp3) is 0.538. The second-order valence-electron chi connectivity index (χ2n) is 4.30. The molecule has 0 spiro atoms. The summed E-state index contributed by atoms with van der Waals surface area (Å²) in [4.78, 5) is 2.28. The molecule has 0 aliphatic carbocycles. The Balaban J connectivity index is 2.77. The van der Waals surface area contributed by atoms with Crippen molar-refractivity contribution in [1.29, 1.82) is 0 Å². The third kappa shape index (κ3) is 3.87. The molecular formula is C13H19BrFN. The van der Waals surface area contributed by atoms with Gasteiger partial charge in [0.05, 0.1) is 0 Å². The van der Waals surface area contributed by atoms with Crippen molar-refractivity contribution in [2.75, 3.05) is 6.54 Å². The molecule has 0 N–H and O–H groups in total. The van der Waals surface area contributed by atoms with E-state index in [1.54, 1.807) is 0 Å². The minimum Gasteiger partial charge on any atom is -0.297 e. The molecule has 0 aromatic heterocycles. The van der Waals surface area contributed by atoms with Gasteiger partial charge in [0.25, 0.3) is 0 Å². The van der Waals surface area contributed by atoms with E-state index in [0.29, 0.717) is 12.6 Å². The molecule has 0 saturated carbocycles. The van der Waals surface area contributed by atoms with Gasteiger partial charge in [-0.1, -0.05) is 28.9 Å². The molecule has 16 heavy (non-hydrogen) atoms. The second-order valence-corrected chi connectivity index (χ2v) is 5.22. The quantitative estimate of drug-likeness (QED) is 0.784. The second kappa shape index (κ2) is 6.36. The Bertz CT molecular complexity index is 339. The highest BCUT2D eigenvalue weighted by Crippen LogP contribution is 2.17. The van der Waals surface area contributed by atoms with Crippen molar-refractivity contribution >= 4 is 15.9 Å². The average molecular weight is 288 g/mol. The summed E-state index contributed by atoms with van der Waals surface area (Å²) in [6.07, 6.45) is 1.09. The Morgan fingerprint density at radius 3 is 2.56 bits per heavy atom. The lowest BCUT2D eigenvalue weighted by molar-refractivity contribution is 0.210. The highest BCUT2D eigenvalue weighted by molar-refractivity contribution is 9.10. The minimum atomic E-state index is -0.129. The molecule has 1 aromatic rings. The smallest absolute Gasteiger partial charge is 0.128 e. The summed E-state index contributed by atoms with van der Waals surface area (Å²) in [5.41, 5.74) is 0.769. The van der Waals surface area contributed by atoms with Gasteiger partial charge in [0, 0.05) is 22.6 Å². The molecule has 0 atom stereocenters. The molecule has 0 radical (unpaired) electrons. The summed E-state index contributed by atoms with van der Waals surface area (Å²) in [5, 5.41) is 0. The van der Waals surface area contributed by atoms with Crippen LogP contribution in [0.25, 0.3) is 0 Å². The minimum absolute atomic E-state index is 0.129. The highest BCUT2D eigenvalue weighted by atomic mass is 79.9. The van der Waals surface area contributed by atoms with Gasteiger partial charge in [-0.05, 0) is 38.9 Å². The van der Waals surface area contributed by atoms with Gasteiger partial charge in [-0.2, -0.15) is 0 Å². The zero-order valence-corrected chi connectivity index (χ0v) is 11.7. The van der Waals surface area contributed by atoms with Crippen molar-refractivity contribution < 1.29 is 4.39 Å². The van der Waals surface area contributed by atoms with Gasteiger partial charge >= 0.3 is 0 Å². The van der Waals surface area contributed by atoms with Gasteiger partial charge in [0.2, 0.25) is 0 Å². The predicted molar refractivity (Wildman–Crippen MR) is 69.9 cm³/mol. The molecule has 1 nitrogen and oxygen atoms in total. The SMILES string of the molecule is CCCN(Cc1ccc(Br)cc1F)C(C)C. The van der Waals surface area contributed by atoms with E-state index >= 15 is 0 Å². The molecular weight excluding hydrogens is 269 g/mol. The van der Waals surface area contributed by atoms with Crippen LogP contribution < -0.4 is 0 Å².